The van der Waals surface area contributed by atoms with E-state index in [-0.39, 0.29) is 11.0 Å². The molecule has 4 rings (SSSR count). The maximum Gasteiger partial charge on any atom is 0.231 e. The molecular weight excluding hydrogens is 267 g/mol. The van der Waals surface area contributed by atoms with E-state index in [0.29, 0.717) is 11.0 Å². The zero-order valence-electron chi connectivity index (χ0n) is 10.1. The van der Waals surface area contributed by atoms with E-state index >= 15 is 0 Å². The summed E-state index contributed by atoms with van der Waals surface area (Å²) in [6, 6.07) is 7.17. The first kappa shape index (κ1) is 14.1. The third-order valence-electron chi connectivity index (χ3n) is 2.86. The minimum atomic E-state index is -0.538. The highest BCUT2D eigenvalue weighted by atomic mass is 28.1. The summed E-state index contributed by atoms with van der Waals surface area (Å²) in [5.41, 5.74) is 4.01. The molecule has 2 aliphatic rings. The topological polar surface area (TPSA) is 25.8 Å². The van der Waals surface area contributed by atoms with Crippen LogP contribution < -0.4 is 0 Å². The predicted molar refractivity (Wildman–Crippen MR) is 85.3 cm³/mol. The van der Waals surface area contributed by atoms with Gasteiger partial charge in [-0.25, -0.2) is 9.97 Å². The minimum absolute atomic E-state index is 0. The molecule has 2 aromatic rings. The van der Waals surface area contributed by atoms with Crippen molar-refractivity contribution >= 4 is 22.0 Å². The van der Waals surface area contributed by atoms with Crippen LogP contribution in [0.2, 0.25) is 0 Å². The summed E-state index contributed by atoms with van der Waals surface area (Å²) in [5, 5.41) is 0. The quantitative estimate of drug-likeness (QED) is 0.693. The molecule has 0 saturated carbocycles. The molecule has 0 saturated heterocycles. The molecule has 0 N–H and O–H groups in total. The highest BCUT2D eigenvalue weighted by molar-refractivity contribution is 5.75. The molecule has 0 spiro atoms. The van der Waals surface area contributed by atoms with Crippen molar-refractivity contribution in [3.05, 3.63) is 84.0 Å². The number of fused-ring (bicyclic) bond motifs is 2. The van der Waals surface area contributed by atoms with Gasteiger partial charge in [0, 0.05) is 0 Å². The van der Waals surface area contributed by atoms with Crippen LogP contribution in [-0.4, -0.2) is 20.9 Å². The molecule has 0 amide bonds. The summed E-state index contributed by atoms with van der Waals surface area (Å²) >= 11 is 0. The summed E-state index contributed by atoms with van der Waals surface area (Å²) in [6.45, 7) is 0. The van der Waals surface area contributed by atoms with E-state index < -0.39 is 5.95 Å². The monoisotopic (exact) mass is 282 g/mol. The second kappa shape index (κ2) is 6.21. The van der Waals surface area contributed by atoms with Crippen molar-refractivity contribution in [2.45, 2.75) is 0 Å². The Bertz CT molecular complexity index is 719. The molecule has 0 radical (unpaired) electrons. The molecule has 1 heterocycles. The van der Waals surface area contributed by atoms with Gasteiger partial charge >= 0.3 is 0 Å². The van der Waals surface area contributed by atoms with Gasteiger partial charge in [0.15, 0.2) is 0 Å². The van der Waals surface area contributed by atoms with E-state index in [2.05, 4.69) is 46.4 Å². The molecule has 20 heavy (non-hydrogen) atoms. The number of hydrogen-bond donors (Lipinski definition) is 0. The predicted octanol–water partition coefficient (Wildman–Crippen LogP) is 2.30. The minimum Gasteiger partial charge on any atom is -0.250 e. The van der Waals surface area contributed by atoms with Gasteiger partial charge in [0.2, 0.25) is 5.95 Å². The number of nitrogens with zero attached hydrogens (tertiary/aromatic N) is 2. The third-order valence-corrected chi connectivity index (χ3v) is 2.86. The van der Waals surface area contributed by atoms with Gasteiger partial charge in [0.05, 0.1) is 17.2 Å². The van der Waals surface area contributed by atoms with Gasteiger partial charge in [-0.2, -0.15) is 4.39 Å². The highest BCUT2D eigenvalue weighted by Gasteiger charge is 2.04. The van der Waals surface area contributed by atoms with E-state index in [0.717, 1.165) is 6.20 Å². The Labute approximate surface area is 121 Å². The molecule has 0 unspecified atom stereocenters. The lowest BCUT2D eigenvalue weighted by Gasteiger charge is -1.92. The van der Waals surface area contributed by atoms with E-state index in [1.54, 1.807) is 18.2 Å². The number of benzene rings is 1. The third kappa shape index (κ3) is 2.97. The lowest BCUT2D eigenvalue weighted by molar-refractivity contribution is 0.583. The van der Waals surface area contributed by atoms with E-state index in [4.69, 9.17) is 0 Å². The number of allylic oxidation sites excluding steroid dienone is 8. The van der Waals surface area contributed by atoms with Gasteiger partial charge in [-0.1, -0.05) is 48.6 Å². The van der Waals surface area contributed by atoms with Crippen molar-refractivity contribution < 1.29 is 4.39 Å². The average Bonchev–Trinajstić information content (AvgIpc) is 3.02. The van der Waals surface area contributed by atoms with Crippen LogP contribution in [0.1, 0.15) is 0 Å². The van der Waals surface area contributed by atoms with Gasteiger partial charge in [-0.3, -0.25) is 0 Å². The maximum atomic E-state index is 12.5. The second-order valence-corrected chi connectivity index (χ2v) is 4.14. The second-order valence-electron chi connectivity index (χ2n) is 4.14. The fourth-order valence-corrected chi connectivity index (χ4v) is 1.94. The molecule has 0 aliphatic heterocycles. The van der Waals surface area contributed by atoms with Crippen LogP contribution in [-0.2, 0) is 0 Å². The summed E-state index contributed by atoms with van der Waals surface area (Å²) < 4.78 is 12.5. The van der Waals surface area contributed by atoms with Crippen molar-refractivity contribution in [1.82, 2.24) is 9.97 Å². The SMILES string of the molecule is C1=CC2=CC=CC2=C1.Fc1cnc2ccccc2n1.[SiH4]. The largest absolute Gasteiger partial charge is 0.250 e. The van der Waals surface area contributed by atoms with Crippen LogP contribution in [0.15, 0.2) is 78.1 Å². The van der Waals surface area contributed by atoms with Crippen molar-refractivity contribution in [3.8, 4) is 0 Å². The zero-order valence-corrected chi connectivity index (χ0v) is 10.1. The number of halogens is 1. The first-order valence-electron chi connectivity index (χ1n) is 5.97. The molecule has 0 fully saturated rings. The van der Waals surface area contributed by atoms with Gasteiger partial charge in [-0.15, -0.1) is 0 Å². The van der Waals surface area contributed by atoms with E-state index in [9.17, 15) is 4.39 Å². The summed E-state index contributed by atoms with van der Waals surface area (Å²) in [4.78, 5) is 7.49. The Kier molecular flexibility index (Phi) is 4.37. The molecule has 1 aromatic carbocycles. The first-order chi connectivity index (χ1) is 9.33. The van der Waals surface area contributed by atoms with Crippen LogP contribution >= 0.6 is 0 Å². The molecule has 2 nitrogen and oxygen atoms in total. The standard InChI is InChI=1S/C8H5FN2.C8H6.H4Si/c9-8-5-10-6-3-1-2-4-7(6)11-8;1-3-7-5-2-6-8(7)4-1;/h1-5H;1-6H;1H4. The highest BCUT2D eigenvalue weighted by Crippen LogP contribution is 2.23. The Morgan fingerprint density at radius 2 is 1.45 bits per heavy atom. The molecular formula is C16H15FN2Si. The Balaban J connectivity index is 0.000000146. The van der Waals surface area contributed by atoms with Crippen molar-refractivity contribution in [2.24, 2.45) is 0 Å². The summed E-state index contributed by atoms with van der Waals surface area (Å²) in [5.74, 6) is -0.538. The van der Waals surface area contributed by atoms with Crippen LogP contribution in [0.5, 0.6) is 0 Å². The van der Waals surface area contributed by atoms with Crippen LogP contribution in [0.3, 0.4) is 0 Å². The molecule has 2 aliphatic carbocycles. The van der Waals surface area contributed by atoms with Gasteiger partial charge in [0.25, 0.3) is 0 Å². The van der Waals surface area contributed by atoms with Crippen molar-refractivity contribution in [2.75, 3.05) is 0 Å². The maximum absolute atomic E-state index is 12.5. The molecule has 1 aromatic heterocycles. The molecule has 0 atom stereocenters. The van der Waals surface area contributed by atoms with Gasteiger partial charge in [-0.05, 0) is 34.2 Å². The van der Waals surface area contributed by atoms with Gasteiger partial charge in [0.1, 0.15) is 0 Å². The molecule has 4 heteroatoms. The van der Waals surface area contributed by atoms with Crippen molar-refractivity contribution in [3.63, 3.8) is 0 Å². The smallest absolute Gasteiger partial charge is 0.231 e. The fraction of sp³-hybridized carbons (Fsp3) is 0. The normalized spacial score (nSPS) is 14.1. The summed E-state index contributed by atoms with van der Waals surface area (Å²) in [7, 11) is 0. The zero-order chi connectivity index (χ0) is 13.1. The number of aromatic nitrogens is 2. The average molecular weight is 282 g/mol. The number of rotatable bonds is 0. The number of hydrogen-bond acceptors (Lipinski definition) is 2. The van der Waals surface area contributed by atoms with Crippen LogP contribution in [0.25, 0.3) is 11.0 Å². The lowest BCUT2D eigenvalue weighted by Crippen LogP contribution is -1.86. The van der Waals surface area contributed by atoms with Crippen LogP contribution in [0.4, 0.5) is 4.39 Å². The van der Waals surface area contributed by atoms with E-state index in [1.165, 1.54) is 11.1 Å². The van der Waals surface area contributed by atoms with Crippen molar-refractivity contribution in [1.29, 1.82) is 0 Å². The Hall–Kier alpha value is -2.33. The Morgan fingerprint density at radius 1 is 0.850 bits per heavy atom. The Morgan fingerprint density at radius 3 is 2.10 bits per heavy atom. The lowest BCUT2D eigenvalue weighted by atomic mass is 10.2. The fourth-order valence-electron chi connectivity index (χ4n) is 1.94. The first-order valence-corrected chi connectivity index (χ1v) is 5.97. The van der Waals surface area contributed by atoms with E-state index in [1.807, 2.05) is 6.07 Å². The van der Waals surface area contributed by atoms with Crippen LogP contribution in [0, 0.1) is 5.95 Å². The molecule has 100 valence electrons. The molecule has 0 bridgehead atoms. The number of para-hydroxylation sites is 2. The van der Waals surface area contributed by atoms with Gasteiger partial charge < -0.3 is 0 Å². The summed E-state index contributed by atoms with van der Waals surface area (Å²) in [6.07, 6.45) is 13.7.